The summed E-state index contributed by atoms with van der Waals surface area (Å²) in [4.78, 5) is 39.9. The largest absolute Gasteiger partial charge is 0.497 e. The number of hydrogen-bond donors (Lipinski definition) is 3. The molecule has 0 saturated carbocycles. The topological polar surface area (TPSA) is 124 Å². The van der Waals surface area contributed by atoms with E-state index in [9.17, 15) is 9.59 Å². The van der Waals surface area contributed by atoms with Gasteiger partial charge in [0.25, 0.3) is 0 Å². The Labute approximate surface area is 240 Å². The van der Waals surface area contributed by atoms with Crippen LogP contribution in [0.15, 0.2) is 61.4 Å². The Kier molecular flexibility index (Phi) is 9.59. The van der Waals surface area contributed by atoms with Crippen molar-refractivity contribution in [2.75, 3.05) is 79.7 Å². The van der Waals surface area contributed by atoms with Gasteiger partial charge in [0, 0.05) is 68.9 Å². The van der Waals surface area contributed by atoms with E-state index in [1.165, 1.54) is 31.5 Å². The van der Waals surface area contributed by atoms with Crippen LogP contribution in [0.3, 0.4) is 0 Å². The lowest BCUT2D eigenvalue weighted by molar-refractivity contribution is -0.111. The molecule has 1 saturated heterocycles. The molecule has 0 atom stereocenters. The number of nitrogens with one attached hydrogen (secondary N) is 3. The molecular weight excluding hydrogens is 524 g/mol. The smallest absolute Gasteiger partial charge is 0.327 e. The van der Waals surface area contributed by atoms with Crippen LogP contribution in [0.4, 0.5) is 39.2 Å². The summed E-state index contributed by atoms with van der Waals surface area (Å²) in [5, 5.41) is 8.95. The maximum Gasteiger partial charge on any atom is 0.327 e. The highest BCUT2D eigenvalue weighted by molar-refractivity contribution is 6.02. The molecule has 1 fully saturated rings. The second-order valence-corrected chi connectivity index (χ2v) is 9.32. The zero-order valence-electron chi connectivity index (χ0n) is 23.8. The van der Waals surface area contributed by atoms with Crippen molar-refractivity contribution >= 4 is 46.3 Å². The number of urea groups is 1. The zero-order chi connectivity index (χ0) is 29.4. The number of carbonyl (C=O) groups is 2. The molecule has 3 aromatic rings. The Balaban J connectivity index is 1.51. The van der Waals surface area contributed by atoms with Gasteiger partial charge in [-0.05, 0) is 30.8 Å². The third-order valence-electron chi connectivity index (χ3n) is 6.80. The Hall–Kier alpha value is -4.84. The molecule has 3 amide bonds. The van der Waals surface area contributed by atoms with Gasteiger partial charge in [-0.25, -0.2) is 14.8 Å². The predicted octanol–water partition coefficient (Wildman–Crippen LogP) is 4.17. The third kappa shape index (κ3) is 7.42. The monoisotopic (exact) mass is 560 g/mol. The molecule has 0 unspecified atom stereocenters. The van der Waals surface area contributed by atoms with Crippen LogP contribution in [0.1, 0.15) is 6.92 Å². The van der Waals surface area contributed by atoms with E-state index < -0.39 is 6.03 Å². The molecule has 1 aliphatic heterocycles. The normalized spacial score (nSPS) is 13.2. The summed E-state index contributed by atoms with van der Waals surface area (Å²) in [5.41, 5.74) is 2.74. The second kappa shape index (κ2) is 13.5. The van der Waals surface area contributed by atoms with Crippen LogP contribution in [0.5, 0.6) is 11.5 Å². The quantitative estimate of drug-likeness (QED) is 0.313. The lowest BCUT2D eigenvalue weighted by Crippen LogP contribution is -2.46. The van der Waals surface area contributed by atoms with Crippen molar-refractivity contribution in [2.24, 2.45) is 0 Å². The first-order valence-electron chi connectivity index (χ1n) is 13.2. The SMILES string of the molecule is C=CC(=O)Nc1cc(N2CCN(CC)CC2)ccc1Nc1cc(N(C)C(=O)Nc2cc(OC)cc(OC)c2)ncn1. The average molecular weight is 561 g/mol. The predicted molar refractivity (Wildman–Crippen MR) is 162 cm³/mol. The molecule has 216 valence electrons. The van der Waals surface area contributed by atoms with E-state index >= 15 is 0 Å². The van der Waals surface area contributed by atoms with Crippen LogP contribution in [0.2, 0.25) is 0 Å². The van der Waals surface area contributed by atoms with Crippen LogP contribution in [-0.4, -0.2) is 80.8 Å². The number of anilines is 6. The fraction of sp³-hybridized carbons (Fsp3) is 0.310. The standard InChI is InChI=1S/C29H36N8O4/c1-6-28(38)34-25-16-21(37-12-10-36(7-2)11-13-37)8-9-24(25)33-26-18-27(31-19-30-26)35(3)29(39)32-20-14-22(40-4)17-23(15-20)41-5/h6,8-9,14-19H,1,7,10-13H2,2-5H3,(H,32,39)(H,34,38)(H,30,31,33). The van der Waals surface area contributed by atoms with E-state index in [4.69, 9.17) is 9.47 Å². The van der Waals surface area contributed by atoms with E-state index in [2.05, 4.69) is 49.2 Å². The van der Waals surface area contributed by atoms with Crippen LogP contribution in [0.25, 0.3) is 0 Å². The summed E-state index contributed by atoms with van der Waals surface area (Å²) in [5.74, 6) is 1.57. The van der Waals surface area contributed by atoms with Crippen molar-refractivity contribution in [3.05, 3.63) is 61.4 Å². The summed E-state index contributed by atoms with van der Waals surface area (Å²) in [6.45, 7) is 10.6. The van der Waals surface area contributed by atoms with Gasteiger partial charge in [-0.1, -0.05) is 13.5 Å². The number of amides is 3. The fourth-order valence-corrected chi connectivity index (χ4v) is 4.38. The number of benzene rings is 2. The van der Waals surface area contributed by atoms with Gasteiger partial charge in [0.1, 0.15) is 29.5 Å². The van der Waals surface area contributed by atoms with Gasteiger partial charge in [-0.2, -0.15) is 0 Å². The van der Waals surface area contributed by atoms with Gasteiger partial charge < -0.3 is 35.2 Å². The fourth-order valence-electron chi connectivity index (χ4n) is 4.38. The second-order valence-electron chi connectivity index (χ2n) is 9.32. The number of rotatable bonds is 10. The first-order chi connectivity index (χ1) is 19.8. The minimum atomic E-state index is -0.420. The molecule has 4 rings (SSSR count). The Morgan fingerprint density at radius 1 is 0.976 bits per heavy atom. The molecule has 2 heterocycles. The molecule has 2 aromatic carbocycles. The molecular formula is C29H36N8O4. The third-order valence-corrected chi connectivity index (χ3v) is 6.80. The molecule has 0 spiro atoms. The summed E-state index contributed by atoms with van der Waals surface area (Å²) in [6, 6.07) is 12.2. The van der Waals surface area contributed by atoms with Gasteiger partial charge in [-0.15, -0.1) is 0 Å². The molecule has 3 N–H and O–H groups in total. The van der Waals surface area contributed by atoms with Crippen LogP contribution < -0.4 is 35.2 Å². The Morgan fingerprint density at radius 2 is 1.68 bits per heavy atom. The number of aromatic nitrogens is 2. The van der Waals surface area contributed by atoms with Gasteiger partial charge in [0.05, 0.1) is 25.6 Å². The molecule has 1 aromatic heterocycles. The number of methoxy groups -OCH3 is 2. The number of ether oxygens (including phenoxy) is 2. The van der Waals surface area contributed by atoms with Gasteiger partial charge in [0.2, 0.25) is 5.91 Å². The minimum absolute atomic E-state index is 0.324. The molecule has 1 aliphatic rings. The van der Waals surface area contributed by atoms with Crippen molar-refractivity contribution < 1.29 is 19.1 Å². The molecule has 0 aliphatic carbocycles. The number of nitrogens with zero attached hydrogens (tertiary/aromatic N) is 5. The van der Waals surface area contributed by atoms with Gasteiger partial charge in [0.15, 0.2) is 0 Å². The summed E-state index contributed by atoms with van der Waals surface area (Å²) in [6.07, 6.45) is 2.59. The molecule has 0 bridgehead atoms. The lowest BCUT2D eigenvalue weighted by Gasteiger charge is -2.35. The molecule has 0 radical (unpaired) electrons. The zero-order valence-corrected chi connectivity index (χ0v) is 23.8. The van der Waals surface area contributed by atoms with E-state index in [-0.39, 0.29) is 5.91 Å². The van der Waals surface area contributed by atoms with E-state index in [0.717, 1.165) is 38.4 Å². The summed E-state index contributed by atoms with van der Waals surface area (Å²) < 4.78 is 10.6. The van der Waals surface area contributed by atoms with Crippen molar-refractivity contribution in [2.45, 2.75) is 6.92 Å². The highest BCUT2D eigenvalue weighted by Crippen LogP contribution is 2.31. The Morgan fingerprint density at radius 3 is 2.32 bits per heavy atom. The van der Waals surface area contributed by atoms with Crippen LogP contribution in [-0.2, 0) is 4.79 Å². The van der Waals surface area contributed by atoms with Gasteiger partial charge in [-0.3, -0.25) is 9.69 Å². The summed E-state index contributed by atoms with van der Waals surface area (Å²) in [7, 11) is 4.68. The minimum Gasteiger partial charge on any atom is -0.497 e. The number of carbonyl (C=O) groups excluding carboxylic acids is 2. The number of hydrogen-bond acceptors (Lipinski definition) is 9. The lowest BCUT2D eigenvalue weighted by atomic mass is 10.2. The number of piperazine rings is 1. The van der Waals surface area contributed by atoms with E-state index in [1.807, 2.05) is 18.2 Å². The Bertz CT molecular complexity index is 1370. The summed E-state index contributed by atoms with van der Waals surface area (Å²) >= 11 is 0. The highest BCUT2D eigenvalue weighted by Gasteiger charge is 2.19. The molecule has 12 nitrogen and oxygen atoms in total. The van der Waals surface area contributed by atoms with Crippen LogP contribution in [0, 0.1) is 0 Å². The molecule has 41 heavy (non-hydrogen) atoms. The molecule has 12 heteroatoms. The average Bonchev–Trinajstić information content (AvgIpc) is 3.01. The van der Waals surface area contributed by atoms with Crippen LogP contribution >= 0.6 is 0 Å². The van der Waals surface area contributed by atoms with Crippen molar-refractivity contribution in [3.63, 3.8) is 0 Å². The highest BCUT2D eigenvalue weighted by atomic mass is 16.5. The van der Waals surface area contributed by atoms with E-state index in [1.54, 1.807) is 31.3 Å². The first kappa shape index (κ1) is 29.2. The van der Waals surface area contributed by atoms with E-state index in [0.29, 0.717) is 40.2 Å². The van der Waals surface area contributed by atoms with Crippen molar-refractivity contribution in [1.82, 2.24) is 14.9 Å². The maximum absolute atomic E-state index is 13.0. The number of likely N-dealkylation sites (N-methyl/N-ethyl adjacent to an activating group) is 1. The van der Waals surface area contributed by atoms with Crippen molar-refractivity contribution in [3.8, 4) is 11.5 Å². The van der Waals surface area contributed by atoms with Gasteiger partial charge >= 0.3 is 6.03 Å². The van der Waals surface area contributed by atoms with Crippen molar-refractivity contribution in [1.29, 1.82) is 0 Å². The maximum atomic E-state index is 13.0. The first-order valence-corrected chi connectivity index (χ1v) is 13.2.